The highest BCUT2D eigenvalue weighted by atomic mass is 35.5. The van der Waals surface area contributed by atoms with E-state index in [0.717, 1.165) is 5.56 Å². The van der Waals surface area contributed by atoms with Crippen LogP contribution in [0.3, 0.4) is 0 Å². The van der Waals surface area contributed by atoms with Crippen molar-refractivity contribution >= 4 is 18.3 Å². The molecule has 2 rings (SSSR count). The molecule has 0 saturated carbocycles. The molecular formula is C14H20ClFN2O2. The first-order chi connectivity index (χ1) is 8.97. The van der Waals surface area contributed by atoms with Crippen molar-refractivity contribution in [3.8, 4) is 0 Å². The van der Waals surface area contributed by atoms with Crippen LogP contribution < -0.4 is 5.73 Å². The first kappa shape index (κ1) is 16.9. The van der Waals surface area contributed by atoms with Crippen LogP contribution in [0.15, 0.2) is 24.3 Å². The number of nitrogens with zero attached hydrogens (tertiary/aromatic N) is 1. The van der Waals surface area contributed by atoms with Gasteiger partial charge in [0.05, 0.1) is 18.7 Å². The average Bonchev–Trinajstić information content (AvgIpc) is 2.37. The van der Waals surface area contributed by atoms with Gasteiger partial charge in [-0.25, -0.2) is 4.39 Å². The molecule has 112 valence electrons. The SMILES string of the molecule is CC1CN(C(=O)[C@@H](C)N)CC(c2ccc(F)cc2)O1.Cl. The number of benzene rings is 1. The Balaban J connectivity index is 0.00000200. The molecule has 2 unspecified atom stereocenters. The molecule has 1 amide bonds. The van der Waals surface area contributed by atoms with Crippen LogP contribution >= 0.6 is 12.4 Å². The molecule has 0 bridgehead atoms. The Morgan fingerprint density at radius 1 is 1.40 bits per heavy atom. The highest BCUT2D eigenvalue weighted by Crippen LogP contribution is 2.25. The van der Waals surface area contributed by atoms with Crippen LogP contribution in [-0.2, 0) is 9.53 Å². The monoisotopic (exact) mass is 302 g/mol. The van der Waals surface area contributed by atoms with Crippen molar-refractivity contribution in [3.63, 3.8) is 0 Å². The van der Waals surface area contributed by atoms with Crippen LogP contribution in [0.1, 0.15) is 25.5 Å². The van der Waals surface area contributed by atoms with Crippen LogP contribution in [0.25, 0.3) is 0 Å². The van der Waals surface area contributed by atoms with Gasteiger partial charge in [0, 0.05) is 6.54 Å². The van der Waals surface area contributed by atoms with Crippen molar-refractivity contribution in [2.45, 2.75) is 32.1 Å². The second-order valence-electron chi connectivity index (χ2n) is 5.02. The Labute approximate surface area is 124 Å². The van der Waals surface area contributed by atoms with E-state index in [4.69, 9.17) is 10.5 Å². The van der Waals surface area contributed by atoms with E-state index in [1.807, 2.05) is 6.92 Å². The number of halogens is 2. The third-order valence-electron chi connectivity index (χ3n) is 3.20. The topological polar surface area (TPSA) is 55.6 Å². The standard InChI is InChI=1S/C14H19FN2O2.ClH/c1-9-7-17(14(18)10(2)16)8-13(19-9)11-3-5-12(15)6-4-11;/h3-6,9-10,13H,7-8,16H2,1-2H3;1H/t9?,10-,13?;/m1./s1. The maximum Gasteiger partial charge on any atom is 0.239 e. The fraction of sp³-hybridized carbons (Fsp3) is 0.500. The second-order valence-corrected chi connectivity index (χ2v) is 5.02. The summed E-state index contributed by atoms with van der Waals surface area (Å²) in [5.41, 5.74) is 6.51. The third-order valence-corrected chi connectivity index (χ3v) is 3.20. The van der Waals surface area contributed by atoms with Gasteiger partial charge in [-0.2, -0.15) is 0 Å². The lowest BCUT2D eigenvalue weighted by molar-refractivity contribution is -0.145. The highest BCUT2D eigenvalue weighted by molar-refractivity contribution is 5.85. The Morgan fingerprint density at radius 3 is 2.55 bits per heavy atom. The zero-order chi connectivity index (χ0) is 14.0. The van der Waals surface area contributed by atoms with Gasteiger partial charge in [0.2, 0.25) is 5.91 Å². The molecule has 1 aromatic rings. The van der Waals surface area contributed by atoms with E-state index in [9.17, 15) is 9.18 Å². The predicted octanol–water partition coefficient (Wildman–Crippen LogP) is 1.88. The Bertz CT molecular complexity index is 453. The van der Waals surface area contributed by atoms with Gasteiger partial charge >= 0.3 is 0 Å². The lowest BCUT2D eigenvalue weighted by atomic mass is 10.1. The van der Waals surface area contributed by atoms with E-state index < -0.39 is 6.04 Å². The van der Waals surface area contributed by atoms with Crippen molar-refractivity contribution in [2.75, 3.05) is 13.1 Å². The molecule has 1 fully saturated rings. The van der Waals surface area contributed by atoms with E-state index in [1.54, 1.807) is 24.0 Å². The number of ether oxygens (including phenoxy) is 1. The van der Waals surface area contributed by atoms with Gasteiger partial charge in [0.25, 0.3) is 0 Å². The summed E-state index contributed by atoms with van der Waals surface area (Å²) in [5.74, 6) is -0.363. The van der Waals surface area contributed by atoms with Gasteiger partial charge in [-0.05, 0) is 31.5 Å². The lowest BCUT2D eigenvalue weighted by Gasteiger charge is -2.37. The minimum absolute atomic E-state index is 0. The van der Waals surface area contributed by atoms with Crippen molar-refractivity contribution in [3.05, 3.63) is 35.6 Å². The quantitative estimate of drug-likeness (QED) is 0.907. The van der Waals surface area contributed by atoms with Crippen molar-refractivity contribution in [1.82, 2.24) is 4.90 Å². The molecule has 6 heteroatoms. The molecule has 1 aliphatic heterocycles. The summed E-state index contributed by atoms with van der Waals surface area (Å²) in [7, 11) is 0. The maximum atomic E-state index is 12.9. The highest BCUT2D eigenvalue weighted by Gasteiger charge is 2.30. The number of amides is 1. The van der Waals surface area contributed by atoms with Crippen LogP contribution in [-0.4, -0.2) is 36.0 Å². The lowest BCUT2D eigenvalue weighted by Crippen LogP contribution is -2.50. The molecule has 0 spiro atoms. The Kier molecular flexibility index (Phi) is 5.92. The Hall–Kier alpha value is -1.17. The fourth-order valence-electron chi connectivity index (χ4n) is 2.28. The molecule has 1 heterocycles. The van der Waals surface area contributed by atoms with E-state index >= 15 is 0 Å². The molecule has 1 aliphatic rings. The molecule has 1 aromatic carbocycles. The van der Waals surface area contributed by atoms with Crippen LogP contribution in [0.2, 0.25) is 0 Å². The van der Waals surface area contributed by atoms with Crippen molar-refractivity contribution in [1.29, 1.82) is 0 Å². The predicted molar refractivity (Wildman–Crippen MR) is 77.2 cm³/mol. The first-order valence-electron chi connectivity index (χ1n) is 6.42. The summed E-state index contributed by atoms with van der Waals surface area (Å²) in [5, 5.41) is 0. The molecule has 0 aliphatic carbocycles. The zero-order valence-corrected chi connectivity index (χ0v) is 12.4. The average molecular weight is 303 g/mol. The molecular weight excluding hydrogens is 283 g/mol. The van der Waals surface area contributed by atoms with Gasteiger partial charge in [-0.3, -0.25) is 4.79 Å². The molecule has 0 radical (unpaired) electrons. The fourth-order valence-corrected chi connectivity index (χ4v) is 2.28. The van der Waals surface area contributed by atoms with E-state index in [0.29, 0.717) is 13.1 Å². The summed E-state index contributed by atoms with van der Waals surface area (Å²) in [6.45, 7) is 4.58. The number of rotatable bonds is 2. The minimum Gasteiger partial charge on any atom is -0.367 e. The van der Waals surface area contributed by atoms with E-state index in [-0.39, 0.29) is 36.3 Å². The van der Waals surface area contributed by atoms with E-state index in [2.05, 4.69) is 0 Å². The number of hydrogen-bond acceptors (Lipinski definition) is 3. The van der Waals surface area contributed by atoms with Gasteiger partial charge in [-0.15, -0.1) is 12.4 Å². The molecule has 20 heavy (non-hydrogen) atoms. The summed E-state index contributed by atoms with van der Waals surface area (Å²) < 4.78 is 18.7. The van der Waals surface area contributed by atoms with Crippen LogP contribution in [0.5, 0.6) is 0 Å². The van der Waals surface area contributed by atoms with Gasteiger partial charge in [0.1, 0.15) is 11.9 Å². The van der Waals surface area contributed by atoms with Gasteiger partial charge < -0.3 is 15.4 Å². The number of carbonyl (C=O) groups excluding carboxylic acids is 1. The van der Waals surface area contributed by atoms with Gasteiger partial charge in [0.15, 0.2) is 0 Å². The molecule has 2 N–H and O–H groups in total. The molecule has 4 nitrogen and oxygen atoms in total. The summed E-state index contributed by atoms with van der Waals surface area (Å²) in [6.07, 6.45) is -0.293. The largest absolute Gasteiger partial charge is 0.367 e. The third kappa shape index (κ3) is 3.91. The smallest absolute Gasteiger partial charge is 0.239 e. The maximum absolute atomic E-state index is 12.9. The van der Waals surface area contributed by atoms with Crippen molar-refractivity contribution in [2.24, 2.45) is 5.73 Å². The summed E-state index contributed by atoms with van der Waals surface area (Å²) in [6, 6.07) is 5.66. The van der Waals surface area contributed by atoms with E-state index in [1.165, 1.54) is 12.1 Å². The second kappa shape index (κ2) is 7.02. The number of carbonyl (C=O) groups is 1. The number of morpholine rings is 1. The minimum atomic E-state index is -0.515. The van der Waals surface area contributed by atoms with Crippen LogP contribution in [0.4, 0.5) is 4.39 Å². The number of hydrogen-bond donors (Lipinski definition) is 1. The Morgan fingerprint density at radius 2 is 2.00 bits per heavy atom. The normalized spacial score (nSPS) is 23.9. The number of nitrogens with two attached hydrogens (primary N) is 1. The zero-order valence-electron chi connectivity index (χ0n) is 11.6. The molecule has 0 aromatic heterocycles. The van der Waals surface area contributed by atoms with Crippen molar-refractivity contribution < 1.29 is 13.9 Å². The molecule has 3 atom stereocenters. The van der Waals surface area contributed by atoms with Gasteiger partial charge in [-0.1, -0.05) is 12.1 Å². The first-order valence-corrected chi connectivity index (χ1v) is 6.42. The van der Waals surface area contributed by atoms with Crippen LogP contribution in [0, 0.1) is 5.82 Å². The summed E-state index contributed by atoms with van der Waals surface area (Å²) >= 11 is 0. The molecule has 1 saturated heterocycles. The summed E-state index contributed by atoms with van der Waals surface area (Å²) in [4.78, 5) is 13.7.